The fourth-order valence-electron chi connectivity index (χ4n) is 1.32. The van der Waals surface area contributed by atoms with Crippen LogP contribution in [0, 0.1) is 12.8 Å². The maximum Gasteiger partial charge on any atom is -0.0292 e. The molecule has 0 rings (SSSR count). The van der Waals surface area contributed by atoms with Gasteiger partial charge in [0.15, 0.2) is 0 Å². The van der Waals surface area contributed by atoms with Gasteiger partial charge >= 0.3 is 0 Å². The van der Waals surface area contributed by atoms with Crippen molar-refractivity contribution in [2.45, 2.75) is 46.5 Å². The molecule has 0 atom stereocenters. The van der Waals surface area contributed by atoms with Crippen LogP contribution in [0.5, 0.6) is 0 Å². The van der Waals surface area contributed by atoms with Crippen LogP contribution >= 0.6 is 0 Å². The lowest BCUT2D eigenvalue weighted by Crippen LogP contribution is -1.98. The van der Waals surface area contributed by atoms with E-state index in [1.807, 2.05) is 6.08 Å². The molecule has 0 aliphatic carbocycles. The average Bonchev–Trinajstić information content (AvgIpc) is 2.07. The van der Waals surface area contributed by atoms with Gasteiger partial charge in [-0.3, -0.25) is 0 Å². The van der Waals surface area contributed by atoms with Gasteiger partial charge in [-0.2, -0.15) is 0 Å². The molecule has 0 N–H and O–H groups in total. The van der Waals surface area contributed by atoms with Crippen LogP contribution in [0.1, 0.15) is 46.5 Å². The van der Waals surface area contributed by atoms with Gasteiger partial charge in [0.25, 0.3) is 0 Å². The van der Waals surface area contributed by atoms with E-state index < -0.39 is 0 Å². The minimum atomic E-state index is 0.878. The molecular weight excluding hydrogens is 132 g/mol. The summed E-state index contributed by atoms with van der Waals surface area (Å²) in [6.45, 7) is 10.6. The third-order valence-corrected chi connectivity index (χ3v) is 2.45. The Kier molecular flexibility index (Phi) is 6.30. The van der Waals surface area contributed by atoms with E-state index in [9.17, 15) is 0 Å². The minimum Gasteiger partial charge on any atom is -0.0850 e. The van der Waals surface area contributed by atoms with E-state index in [0.717, 1.165) is 5.92 Å². The van der Waals surface area contributed by atoms with Crippen LogP contribution in [-0.2, 0) is 0 Å². The highest BCUT2D eigenvalue weighted by atomic mass is 14.1. The molecular formula is C11H21. The first-order chi connectivity index (χ1) is 5.28. The molecule has 0 heterocycles. The van der Waals surface area contributed by atoms with E-state index in [-0.39, 0.29) is 0 Å². The zero-order valence-corrected chi connectivity index (χ0v) is 8.19. The molecule has 0 aromatic carbocycles. The molecule has 0 bridgehead atoms. The van der Waals surface area contributed by atoms with Gasteiger partial charge in [0, 0.05) is 0 Å². The second-order valence-electron chi connectivity index (χ2n) is 3.10. The Labute approximate surface area is 71.7 Å². The van der Waals surface area contributed by atoms with Gasteiger partial charge in [-0.15, -0.1) is 0 Å². The molecule has 0 amide bonds. The fourth-order valence-corrected chi connectivity index (χ4v) is 1.32. The summed E-state index contributed by atoms with van der Waals surface area (Å²) in [5.41, 5.74) is 1.51. The smallest absolute Gasteiger partial charge is 0.0292 e. The zero-order valence-electron chi connectivity index (χ0n) is 8.19. The lowest BCUT2D eigenvalue weighted by atomic mass is 9.93. The third-order valence-electron chi connectivity index (χ3n) is 2.45. The van der Waals surface area contributed by atoms with Crippen molar-refractivity contribution < 1.29 is 0 Å². The van der Waals surface area contributed by atoms with Gasteiger partial charge in [-0.1, -0.05) is 45.3 Å². The summed E-state index contributed by atoms with van der Waals surface area (Å²) >= 11 is 0. The monoisotopic (exact) mass is 153 g/mol. The lowest BCUT2D eigenvalue weighted by Gasteiger charge is -2.13. The first kappa shape index (κ1) is 10.7. The van der Waals surface area contributed by atoms with Gasteiger partial charge in [-0.05, 0) is 25.7 Å². The maximum atomic E-state index is 3.82. The SMILES string of the molecule is [CH2]/C=C(\CC)CC(CC)CC. The molecule has 0 unspecified atom stereocenters. The van der Waals surface area contributed by atoms with Crippen molar-refractivity contribution in [3.05, 3.63) is 18.6 Å². The highest BCUT2D eigenvalue weighted by Gasteiger charge is 2.04. The molecule has 0 saturated carbocycles. The van der Waals surface area contributed by atoms with Crippen molar-refractivity contribution in [3.63, 3.8) is 0 Å². The second-order valence-corrected chi connectivity index (χ2v) is 3.10. The highest BCUT2D eigenvalue weighted by molar-refractivity contribution is 5.03. The van der Waals surface area contributed by atoms with Crippen molar-refractivity contribution in [1.29, 1.82) is 0 Å². The standard InChI is InChI=1S/C11H21/c1-5-10(6-2)9-11(7-3)8-4/h5,11H,1,6-9H2,2-4H3/b10-5+. The van der Waals surface area contributed by atoms with E-state index in [1.165, 1.54) is 31.3 Å². The summed E-state index contributed by atoms with van der Waals surface area (Å²) in [5, 5.41) is 0. The Morgan fingerprint density at radius 2 is 1.82 bits per heavy atom. The predicted molar refractivity (Wildman–Crippen MR) is 52.4 cm³/mol. The van der Waals surface area contributed by atoms with Crippen LogP contribution in [0.2, 0.25) is 0 Å². The van der Waals surface area contributed by atoms with Gasteiger partial charge < -0.3 is 0 Å². The third kappa shape index (κ3) is 4.23. The molecule has 0 fully saturated rings. The Balaban J connectivity index is 3.78. The van der Waals surface area contributed by atoms with Crippen molar-refractivity contribution >= 4 is 0 Å². The molecule has 1 radical (unpaired) electrons. The number of rotatable bonds is 5. The Hall–Kier alpha value is -0.260. The van der Waals surface area contributed by atoms with E-state index in [4.69, 9.17) is 0 Å². The van der Waals surface area contributed by atoms with Crippen LogP contribution in [0.15, 0.2) is 11.6 Å². The van der Waals surface area contributed by atoms with Gasteiger partial charge in [-0.25, -0.2) is 0 Å². The Morgan fingerprint density at radius 1 is 1.27 bits per heavy atom. The molecule has 65 valence electrons. The molecule has 0 heteroatoms. The van der Waals surface area contributed by atoms with Crippen molar-refractivity contribution in [1.82, 2.24) is 0 Å². The molecule has 0 saturated heterocycles. The van der Waals surface area contributed by atoms with E-state index in [0.29, 0.717) is 0 Å². The molecule has 0 aromatic heterocycles. The quantitative estimate of drug-likeness (QED) is 0.560. The summed E-state index contributed by atoms with van der Waals surface area (Å²) in [5.74, 6) is 0.878. The van der Waals surface area contributed by atoms with Crippen molar-refractivity contribution in [2.75, 3.05) is 0 Å². The topological polar surface area (TPSA) is 0 Å². The summed E-state index contributed by atoms with van der Waals surface area (Å²) in [6, 6.07) is 0. The fraction of sp³-hybridized carbons (Fsp3) is 0.727. The summed E-state index contributed by atoms with van der Waals surface area (Å²) in [4.78, 5) is 0. The average molecular weight is 153 g/mol. The predicted octanol–water partition coefficient (Wildman–Crippen LogP) is 3.98. The number of hydrogen-bond acceptors (Lipinski definition) is 0. The van der Waals surface area contributed by atoms with Gasteiger partial charge in [0.05, 0.1) is 0 Å². The van der Waals surface area contributed by atoms with Crippen molar-refractivity contribution in [3.8, 4) is 0 Å². The minimum absolute atomic E-state index is 0.878. The molecule has 0 nitrogen and oxygen atoms in total. The molecule has 0 spiro atoms. The summed E-state index contributed by atoms with van der Waals surface area (Å²) < 4.78 is 0. The Morgan fingerprint density at radius 3 is 2.09 bits per heavy atom. The van der Waals surface area contributed by atoms with Crippen LogP contribution in [0.4, 0.5) is 0 Å². The first-order valence-corrected chi connectivity index (χ1v) is 4.75. The molecule has 0 aliphatic heterocycles. The zero-order chi connectivity index (χ0) is 8.69. The highest BCUT2D eigenvalue weighted by Crippen LogP contribution is 2.19. The largest absolute Gasteiger partial charge is 0.0850 e. The molecule has 11 heavy (non-hydrogen) atoms. The van der Waals surface area contributed by atoms with Crippen molar-refractivity contribution in [2.24, 2.45) is 5.92 Å². The molecule has 0 aromatic rings. The Bertz CT molecular complexity index is 107. The van der Waals surface area contributed by atoms with Gasteiger partial charge in [0.2, 0.25) is 0 Å². The van der Waals surface area contributed by atoms with Crippen LogP contribution in [0.3, 0.4) is 0 Å². The van der Waals surface area contributed by atoms with E-state index in [2.05, 4.69) is 27.7 Å². The van der Waals surface area contributed by atoms with Gasteiger partial charge in [0.1, 0.15) is 0 Å². The number of allylic oxidation sites excluding steroid dienone is 2. The van der Waals surface area contributed by atoms with Crippen LogP contribution < -0.4 is 0 Å². The lowest BCUT2D eigenvalue weighted by molar-refractivity contribution is 0.483. The van der Waals surface area contributed by atoms with Crippen LogP contribution in [-0.4, -0.2) is 0 Å². The molecule has 0 aliphatic rings. The van der Waals surface area contributed by atoms with E-state index in [1.54, 1.807) is 0 Å². The second kappa shape index (κ2) is 6.45. The first-order valence-electron chi connectivity index (χ1n) is 4.75. The van der Waals surface area contributed by atoms with Crippen LogP contribution in [0.25, 0.3) is 0 Å². The van der Waals surface area contributed by atoms with E-state index >= 15 is 0 Å². The number of hydrogen-bond donors (Lipinski definition) is 0. The normalized spacial score (nSPS) is 12.6. The maximum absolute atomic E-state index is 3.82. The summed E-state index contributed by atoms with van der Waals surface area (Å²) in [6.07, 6.45) is 7.05. The summed E-state index contributed by atoms with van der Waals surface area (Å²) in [7, 11) is 0.